The summed E-state index contributed by atoms with van der Waals surface area (Å²) in [5, 5.41) is 0. The standard InChI is InChI=1S/C18H20FNO2S/c1-12-10-17(19)8-9-18(12)23(21,22)20-13(2)15-7-6-14-4-3-5-16(14)11-15/h6-11,13,20H,3-5H2,1-2H3/t13-/m1/s1. The van der Waals surface area contributed by atoms with Crippen LogP contribution < -0.4 is 4.72 Å². The van der Waals surface area contributed by atoms with E-state index in [9.17, 15) is 12.8 Å². The van der Waals surface area contributed by atoms with Gasteiger partial charge in [0.15, 0.2) is 0 Å². The molecule has 1 aliphatic rings. The molecule has 0 saturated heterocycles. The average Bonchev–Trinajstić information content (AvgIpc) is 2.93. The monoisotopic (exact) mass is 333 g/mol. The third kappa shape index (κ3) is 3.31. The van der Waals surface area contributed by atoms with Crippen molar-refractivity contribution in [2.45, 2.75) is 44.0 Å². The number of rotatable bonds is 4. The summed E-state index contributed by atoms with van der Waals surface area (Å²) >= 11 is 0. The van der Waals surface area contributed by atoms with Gasteiger partial charge in [0.1, 0.15) is 5.82 Å². The minimum Gasteiger partial charge on any atom is -0.207 e. The molecule has 122 valence electrons. The molecule has 2 aromatic rings. The lowest BCUT2D eigenvalue weighted by Crippen LogP contribution is -2.27. The number of halogens is 1. The van der Waals surface area contributed by atoms with Crippen LogP contribution in [0.15, 0.2) is 41.3 Å². The first-order chi connectivity index (χ1) is 10.9. The molecule has 2 aromatic carbocycles. The third-order valence-electron chi connectivity index (χ3n) is 4.38. The Morgan fingerprint density at radius 2 is 1.83 bits per heavy atom. The van der Waals surface area contributed by atoms with Crippen molar-refractivity contribution in [3.63, 3.8) is 0 Å². The van der Waals surface area contributed by atoms with Gasteiger partial charge in [0.25, 0.3) is 0 Å². The molecule has 0 aliphatic heterocycles. The van der Waals surface area contributed by atoms with Gasteiger partial charge < -0.3 is 0 Å². The highest BCUT2D eigenvalue weighted by atomic mass is 32.2. The van der Waals surface area contributed by atoms with Crippen LogP contribution in [0.1, 0.15) is 41.6 Å². The maximum Gasteiger partial charge on any atom is 0.241 e. The Morgan fingerprint density at radius 3 is 2.57 bits per heavy atom. The molecule has 0 spiro atoms. The topological polar surface area (TPSA) is 46.2 Å². The summed E-state index contributed by atoms with van der Waals surface area (Å²) in [7, 11) is -3.69. The molecule has 0 unspecified atom stereocenters. The van der Waals surface area contributed by atoms with E-state index in [1.807, 2.05) is 13.0 Å². The first-order valence-corrected chi connectivity index (χ1v) is 9.25. The zero-order valence-corrected chi connectivity index (χ0v) is 14.1. The van der Waals surface area contributed by atoms with Gasteiger partial charge in [0, 0.05) is 6.04 Å². The minimum atomic E-state index is -3.69. The lowest BCUT2D eigenvalue weighted by molar-refractivity contribution is 0.565. The number of aryl methyl sites for hydroxylation is 3. The van der Waals surface area contributed by atoms with Gasteiger partial charge in [-0.15, -0.1) is 0 Å². The quantitative estimate of drug-likeness (QED) is 0.928. The van der Waals surface area contributed by atoms with Crippen molar-refractivity contribution in [3.8, 4) is 0 Å². The summed E-state index contributed by atoms with van der Waals surface area (Å²) in [4.78, 5) is 0.118. The third-order valence-corrected chi connectivity index (χ3v) is 6.08. The van der Waals surface area contributed by atoms with E-state index >= 15 is 0 Å². The molecule has 1 N–H and O–H groups in total. The van der Waals surface area contributed by atoms with Gasteiger partial charge in [-0.1, -0.05) is 18.2 Å². The Labute approximate surface area is 136 Å². The van der Waals surface area contributed by atoms with E-state index in [0.29, 0.717) is 5.56 Å². The smallest absolute Gasteiger partial charge is 0.207 e. The molecule has 0 saturated carbocycles. The number of benzene rings is 2. The van der Waals surface area contributed by atoms with Crippen LogP contribution in [-0.2, 0) is 22.9 Å². The predicted octanol–water partition coefficient (Wildman–Crippen LogP) is 3.66. The van der Waals surface area contributed by atoms with Gasteiger partial charge in [-0.2, -0.15) is 0 Å². The highest BCUT2D eigenvalue weighted by molar-refractivity contribution is 7.89. The zero-order valence-electron chi connectivity index (χ0n) is 13.3. The van der Waals surface area contributed by atoms with Crippen molar-refractivity contribution in [2.75, 3.05) is 0 Å². The number of hydrogen-bond acceptors (Lipinski definition) is 2. The molecular formula is C18H20FNO2S. The first-order valence-electron chi connectivity index (χ1n) is 7.77. The molecule has 0 bridgehead atoms. The van der Waals surface area contributed by atoms with Crippen LogP contribution in [0.3, 0.4) is 0 Å². The SMILES string of the molecule is Cc1cc(F)ccc1S(=O)(=O)N[C@H](C)c1ccc2c(c1)CCC2. The highest BCUT2D eigenvalue weighted by Crippen LogP contribution is 2.26. The summed E-state index contributed by atoms with van der Waals surface area (Å²) in [6.45, 7) is 3.42. The molecule has 5 heteroatoms. The molecular weight excluding hydrogens is 313 g/mol. The molecule has 0 fully saturated rings. The summed E-state index contributed by atoms with van der Waals surface area (Å²) in [6.07, 6.45) is 3.32. The summed E-state index contributed by atoms with van der Waals surface area (Å²) in [5.74, 6) is -0.437. The zero-order chi connectivity index (χ0) is 16.6. The van der Waals surface area contributed by atoms with Crippen LogP contribution in [0.25, 0.3) is 0 Å². The van der Waals surface area contributed by atoms with E-state index in [2.05, 4.69) is 16.9 Å². The minimum absolute atomic E-state index is 0.118. The Bertz CT molecular complexity index is 846. The highest BCUT2D eigenvalue weighted by Gasteiger charge is 2.21. The molecule has 0 heterocycles. The van der Waals surface area contributed by atoms with Gasteiger partial charge in [0.05, 0.1) is 4.90 Å². The van der Waals surface area contributed by atoms with Crippen molar-refractivity contribution in [1.82, 2.24) is 4.72 Å². The maximum atomic E-state index is 13.2. The molecule has 3 rings (SSSR count). The van der Waals surface area contributed by atoms with Crippen molar-refractivity contribution in [2.24, 2.45) is 0 Å². The maximum absolute atomic E-state index is 13.2. The molecule has 1 aliphatic carbocycles. The fourth-order valence-corrected chi connectivity index (χ4v) is 4.60. The molecule has 0 aromatic heterocycles. The second-order valence-corrected chi connectivity index (χ2v) is 7.82. The van der Waals surface area contributed by atoms with Crippen LogP contribution in [0.2, 0.25) is 0 Å². The van der Waals surface area contributed by atoms with E-state index < -0.39 is 15.8 Å². The van der Waals surface area contributed by atoms with E-state index in [1.54, 1.807) is 6.92 Å². The summed E-state index contributed by atoms with van der Waals surface area (Å²) in [6, 6.07) is 9.53. The van der Waals surface area contributed by atoms with Crippen molar-refractivity contribution < 1.29 is 12.8 Å². The predicted molar refractivity (Wildman–Crippen MR) is 88.3 cm³/mol. The fraction of sp³-hybridized carbons (Fsp3) is 0.333. The molecule has 23 heavy (non-hydrogen) atoms. The van der Waals surface area contributed by atoms with Crippen LogP contribution in [0, 0.1) is 12.7 Å². The molecule has 0 radical (unpaired) electrons. The van der Waals surface area contributed by atoms with Crippen LogP contribution in [0.5, 0.6) is 0 Å². The van der Waals surface area contributed by atoms with Crippen molar-refractivity contribution in [1.29, 1.82) is 0 Å². The van der Waals surface area contributed by atoms with Gasteiger partial charge in [-0.25, -0.2) is 17.5 Å². The Balaban J connectivity index is 1.85. The Hall–Kier alpha value is -1.72. The fourth-order valence-electron chi connectivity index (χ4n) is 3.14. The van der Waals surface area contributed by atoms with Crippen LogP contribution in [-0.4, -0.2) is 8.42 Å². The van der Waals surface area contributed by atoms with Crippen molar-refractivity contribution in [3.05, 3.63) is 64.5 Å². The Kier molecular flexibility index (Phi) is 4.25. The molecule has 3 nitrogen and oxygen atoms in total. The van der Waals surface area contributed by atoms with E-state index in [4.69, 9.17) is 0 Å². The van der Waals surface area contributed by atoms with Crippen LogP contribution >= 0.6 is 0 Å². The van der Waals surface area contributed by atoms with Gasteiger partial charge in [-0.05, 0) is 73.6 Å². The number of hydrogen-bond donors (Lipinski definition) is 1. The van der Waals surface area contributed by atoms with E-state index in [1.165, 1.54) is 29.3 Å². The second-order valence-electron chi connectivity index (χ2n) is 6.13. The Morgan fingerprint density at radius 1 is 1.09 bits per heavy atom. The first kappa shape index (κ1) is 16.1. The van der Waals surface area contributed by atoms with Gasteiger partial charge in [-0.3, -0.25) is 0 Å². The van der Waals surface area contributed by atoms with Crippen LogP contribution in [0.4, 0.5) is 4.39 Å². The average molecular weight is 333 g/mol. The molecule has 0 amide bonds. The van der Waals surface area contributed by atoms with Gasteiger partial charge >= 0.3 is 0 Å². The van der Waals surface area contributed by atoms with Crippen molar-refractivity contribution >= 4 is 10.0 Å². The second kappa shape index (κ2) is 6.06. The summed E-state index contributed by atoms with van der Waals surface area (Å²) < 4.78 is 41.0. The normalized spacial score (nSPS) is 15.4. The largest absolute Gasteiger partial charge is 0.241 e. The summed E-state index contributed by atoms with van der Waals surface area (Å²) in [5.41, 5.74) is 4.03. The number of nitrogens with one attached hydrogen (secondary N) is 1. The lowest BCUT2D eigenvalue weighted by atomic mass is 10.0. The van der Waals surface area contributed by atoms with E-state index in [-0.39, 0.29) is 10.9 Å². The number of sulfonamides is 1. The van der Waals surface area contributed by atoms with E-state index in [0.717, 1.165) is 24.8 Å². The lowest BCUT2D eigenvalue weighted by Gasteiger charge is -2.17. The molecule has 1 atom stereocenters. The van der Waals surface area contributed by atoms with Gasteiger partial charge in [0.2, 0.25) is 10.0 Å². The number of fused-ring (bicyclic) bond motifs is 1.